The highest BCUT2D eigenvalue weighted by atomic mass is 16.5. The van der Waals surface area contributed by atoms with Gasteiger partial charge in [0.1, 0.15) is 11.8 Å². The number of rotatable bonds is 6. The zero-order chi connectivity index (χ0) is 17.6. The van der Waals surface area contributed by atoms with Crippen molar-refractivity contribution in [3.8, 4) is 5.75 Å². The van der Waals surface area contributed by atoms with Gasteiger partial charge in [-0.3, -0.25) is 14.9 Å². The molecule has 4 amide bonds. The van der Waals surface area contributed by atoms with E-state index in [2.05, 4.69) is 5.32 Å². The molecule has 0 bridgehead atoms. The van der Waals surface area contributed by atoms with Gasteiger partial charge in [0.2, 0.25) is 5.91 Å². The molecule has 0 aliphatic heterocycles. The van der Waals surface area contributed by atoms with E-state index in [1.807, 2.05) is 18.3 Å². The summed E-state index contributed by atoms with van der Waals surface area (Å²) in [5.41, 5.74) is 6.40. The normalized spacial score (nSPS) is 11.3. The number of carbonyl (C=O) groups excluding carboxylic acids is 3. The van der Waals surface area contributed by atoms with Crippen LogP contribution in [0.4, 0.5) is 10.5 Å². The van der Waals surface area contributed by atoms with E-state index >= 15 is 0 Å². The Kier molecular flexibility index (Phi) is 6.37. The highest BCUT2D eigenvalue weighted by molar-refractivity contribution is 5.97. The number of nitrogens with zero attached hydrogens (tertiary/aromatic N) is 1. The number of aryl methyl sites for hydroxylation is 1. The predicted molar refractivity (Wildman–Crippen MR) is 86.2 cm³/mol. The molecule has 126 valence electrons. The lowest BCUT2D eigenvalue weighted by Crippen LogP contribution is -2.43. The van der Waals surface area contributed by atoms with E-state index in [0.29, 0.717) is 11.4 Å². The fraction of sp³-hybridized carbons (Fsp3) is 0.400. The maximum Gasteiger partial charge on any atom is 0.318 e. The molecule has 8 nitrogen and oxygen atoms in total. The van der Waals surface area contributed by atoms with Crippen LogP contribution in [0.15, 0.2) is 18.2 Å². The number of benzene rings is 1. The van der Waals surface area contributed by atoms with Crippen molar-refractivity contribution in [1.29, 1.82) is 0 Å². The largest absolute Gasteiger partial charge is 0.482 e. The predicted octanol–water partition coefficient (Wildman–Crippen LogP) is 0.457. The zero-order valence-corrected chi connectivity index (χ0v) is 13.7. The minimum absolute atomic E-state index is 0.118. The van der Waals surface area contributed by atoms with Crippen LogP contribution in [0.5, 0.6) is 5.75 Å². The number of hydrogen-bond acceptors (Lipinski definition) is 5. The summed E-state index contributed by atoms with van der Waals surface area (Å²) in [5.74, 6) is -0.302. The third kappa shape index (κ3) is 5.85. The molecule has 1 atom stereocenters. The Morgan fingerprint density at radius 1 is 1.30 bits per heavy atom. The number of urea groups is 1. The summed E-state index contributed by atoms with van der Waals surface area (Å²) >= 11 is 0. The third-order valence-corrected chi connectivity index (χ3v) is 3.00. The van der Waals surface area contributed by atoms with Gasteiger partial charge in [0.15, 0.2) is 6.61 Å². The number of carbonyl (C=O) groups is 3. The van der Waals surface area contributed by atoms with Gasteiger partial charge in [-0.1, -0.05) is 6.07 Å². The number of nitrogens with two attached hydrogens (primary N) is 1. The molecule has 0 fully saturated rings. The molecular weight excluding hydrogens is 300 g/mol. The molecular formula is C15H22N4O4. The first-order valence-electron chi connectivity index (χ1n) is 7.01. The average molecular weight is 322 g/mol. The van der Waals surface area contributed by atoms with Crippen LogP contribution >= 0.6 is 0 Å². The van der Waals surface area contributed by atoms with Crippen LogP contribution in [0.2, 0.25) is 0 Å². The molecule has 1 rings (SSSR count). The van der Waals surface area contributed by atoms with Crippen molar-refractivity contribution in [3.05, 3.63) is 23.8 Å². The fourth-order valence-electron chi connectivity index (χ4n) is 1.67. The number of hydrogen-bond donors (Lipinski definition) is 3. The fourth-order valence-corrected chi connectivity index (χ4v) is 1.67. The molecule has 0 heterocycles. The van der Waals surface area contributed by atoms with Crippen LogP contribution in [0.3, 0.4) is 0 Å². The summed E-state index contributed by atoms with van der Waals surface area (Å²) in [7, 11) is 3.27. The second kappa shape index (κ2) is 8.02. The third-order valence-electron chi connectivity index (χ3n) is 3.00. The van der Waals surface area contributed by atoms with E-state index in [1.54, 1.807) is 33.2 Å². The van der Waals surface area contributed by atoms with Crippen LogP contribution in [-0.4, -0.2) is 49.5 Å². The quantitative estimate of drug-likeness (QED) is 0.704. The number of ether oxygens (including phenoxy) is 1. The molecule has 1 aromatic carbocycles. The summed E-state index contributed by atoms with van der Waals surface area (Å²) in [6.45, 7) is 3.34. The Hall–Kier alpha value is -2.77. The van der Waals surface area contributed by atoms with E-state index in [1.165, 1.54) is 4.90 Å². The molecule has 0 radical (unpaired) electrons. The van der Waals surface area contributed by atoms with Crippen molar-refractivity contribution >= 4 is 23.5 Å². The molecule has 4 N–H and O–H groups in total. The van der Waals surface area contributed by atoms with Crippen molar-refractivity contribution in [2.75, 3.05) is 26.0 Å². The molecule has 8 heteroatoms. The van der Waals surface area contributed by atoms with Crippen molar-refractivity contribution in [3.63, 3.8) is 0 Å². The van der Waals surface area contributed by atoms with Gasteiger partial charge in [0.25, 0.3) is 5.91 Å². The number of anilines is 1. The molecule has 1 unspecified atom stereocenters. The Balaban J connectivity index is 2.83. The lowest BCUT2D eigenvalue weighted by molar-refractivity contribution is -0.130. The second-order valence-electron chi connectivity index (χ2n) is 5.30. The van der Waals surface area contributed by atoms with Crippen molar-refractivity contribution in [1.82, 2.24) is 10.2 Å². The number of nitrogens with one attached hydrogen (secondary N) is 2. The standard InChI is InChI=1S/C15H22N4O4/c1-9-5-6-11(17-10(2)14(21)18-15(16)22)12(7-9)23-8-13(20)19(3)4/h5-7,10,17H,8H2,1-4H3,(H3,16,18,21,22). The highest BCUT2D eigenvalue weighted by Gasteiger charge is 2.17. The Morgan fingerprint density at radius 2 is 1.96 bits per heavy atom. The van der Waals surface area contributed by atoms with E-state index in [-0.39, 0.29) is 12.5 Å². The summed E-state index contributed by atoms with van der Waals surface area (Å²) in [5, 5.41) is 4.92. The minimum Gasteiger partial charge on any atom is -0.482 e. The monoisotopic (exact) mass is 322 g/mol. The van der Waals surface area contributed by atoms with E-state index in [4.69, 9.17) is 10.5 Å². The van der Waals surface area contributed by atoms with Crippen LogP contribution in [0.1, 0.15) is 12.5 Å². The number of likely N-dealkylation sites (N-methyl/N-ethyl adjacent to an activating group) is 1. The molecule has 0 spiro atoms. The van der Waals surface area contributed by atoms with Gasteiger partial charge in [-0.15, -0.1) is 0 Å². The molecule has 1 aromatic rings. The van der Waals surface area contributed by atoms with Gasteiger partial charge >= 0.3 is 6.03 Å². The van der Waals surface area contributed by atoms with Gasteiger partial charge in [0, 0.05) is 14.1 Å². The van der Waals surface area contributed by atoms with Crippen LogP contribution < -0.4 is 21.1 Å². The number of primary amides is 1. The first-order chi connectivity index (χ1) is 10.7. The highest BCUT2D eigenvalue weighted by Crippen LogP contribution is 2.26. The van der Waals surface area contributed by atoms with Crippen molar-refractivity contribution in [2.45, 2.75) is 19.9 Å². The zero-order valence-electron chi connectivity index (χ0n) is 13.7. The molecule has 0 aliphatic carbocycles. The lowest BCUT2D eigenvalue weighted by atomic mass is 10.2. The maximum absolute atomic E-state index is 11.7. The Bertz CT molecular complexity index is 601. The maximum atomic E-state index is 11.7. The van der Waals surface area contributed by atoms with Crippen LogP contribution in [-0.2, 0) is 9.59 Å². The molecule has 0 saturated carbocycles. The lowest BCUT2D eigenvalue weighted by Gasteiger charge is -2.18. The summed E-state index contributed by atoms with van der Waals surface area (Å²) in [6, 6.07) is 3.70. The van der Waals surface area contributed by atoms with E-state index in [0.717, 1.165) is 5.56 Å². The van der Waals surface area contributed by atoms with Crippen LogP contribution in [0, 0.1) is 6.92 Å². The van der Waals surface area contributed by atoms with Gasteiger partial charge < -0.3 is 20.7 Å². The SMILES string of the molecule is Cc1ccc(NC(C)C(=O)NC(N)=O)c(OCC(=O)N(C)C)c1. The second-order valence-corrected chi connectivity index (χ2v) is 5.30. The molecule has 0 saturated heterocycles. The van der Waals surface area contributed by atoms with Crippen LogP contribution in [0.25, 0.3) is 0 Å². The van der Waals surface area contributed by atoms with Gasteiger partial charge in [0.05, 0.1) is 5.69 Å². The summed E-state index contributed by atoms with van der Waals surface area (Å²) in [4.78, 5) is 35.5. The van der Waals surface area contributed by atoms with E-state index in [9.17, 15) is 14.4 Å². The number of imide groups is 1. The van der Waals surface area contributed by atoms with Gasteiger partial charge in [-0.25, -0.2) is 4.79 Å². The smallest absolute Gasteiger partial charge is 0.318 e. The molecule has 0 aromatic heterocycles. The summed E-state index contributed by atoms with van der Waals surface area (Å²) < 4.78 is 5.53. The van der Waals surface area contributed by atoms with Crippen molar-refractivity contribution in [2.24, 2.45) is 5.73 Å². The Morgan fingerprint density at radius 3 is 2.52 bits per heavy atom. The minimum atomic E-state index is -0.916. The average Bonchev–Trinajstić information content (AvgIpc) is 2.45. The van der Waals surface area contributed by atoms with Gasteiger partial charge in [-0.2, -0.15) is 0 Å². The van der Waals surface area contributed by atoms with Crippen molar-refractivity contribution < 1.29 is 19.1 Å². The summed E-state index contributed by atoms with van der Waals surface area (Å²) in [6.07, 6.45) is 0. The Labute approximate surface area is 135 Å². The first kappa shape index (κ1) is 18.3. The molecule has 23 heavy (non-hydrogen) atoms. The topological polar surface area (TPSA) is 114 Å². The van der Waals surface area contributed by atoms with E-state index < -0.39 is 18.0 Å². The molecule has 0 aliphatic rings. The number of amides is 4. The first-order valence-corrected chi connectivity index (χ1v) is 7.01. The van der Waals surface area contributed by atoms with Gasteiger partial charge in [-0.05, 0) is 31.5 Å².